The molecule has 0 radical (unpaired) electrons. The Kier molecular flexibility index (Phi) is 4.73. The van der Waals surface area contributed by atoms with E-state index in [1.165, 1.54) is 18.6 Å². The third kappa shape index (κ3) is 3.36. The van der Waals surface area contributed by atoms with Crippen LogP contribution in [0, 0.1) is 17.1 Å². The number of nitriles is 1. The van der Waals surface area contributed by atoms with Gasteiger partial charge in [-0.05, 0) is 25.0 Å². The van der Waals surface area contributed by atoms with E-state index < -0.39 is 17.3 Å². The van der Waals surface area contributed by atoms with E-state index in [-0.39, 0.29) is 5.56 Å². The molecule has 0 bridgehead atoms. The van der Waals surface area contributed by atoms with Gasteiger partial charge in [0.1, 0.15) is 11.4 Å². The number of nitrogens with one attached hydrogen (secondary N) is 1. The van der Waals surface area contributed by atoms with Crippen LogP contribution < -0.4 is 5.32 Å². The zero-order valence-corrected chi connectivity index (χ0v) is 11.5. The monoisotopic (exact) mass is 274 g/mol. The molecule has 20 heavy (non-hydrogen) atoms. The van der Waals surface area contributed by atoms with Crippen LogP contribution in [-0.4, -0.2) is 11.4 Å². The minimum Gasteiger partial charge on any atom is -0.334 e. The van der Waals surface area contributed by atoms with Gasteiger partial charge in [-0.3, -0.25) is 4.79 Å². The fourth-order valence-electron chi connectivity index (χ4n) is 2.70. The summed E-state index contributed by atoms with van der Waals surface area (Å²) in [7, 11) is 0. The highest BCUT2D eigenvalue weighted by atomic mass is 19.1. The quantitative estimate of drug-likeness (QED) is 0.896. The van der Waals surface area contributed by atoms with Crippen molar-refractivity contribution in [1.29, 1.82) is 5.26 Å². The molecule has 0 saturated heterocycles. The van der Waals surface area contributed by atoms with Crippen molar-refractivity contribution in [3.63, 3.8) is 0 Å². The second-order valence-electron chi connectivity index (χ2n) is 5.40. The molecule has 1 N–H and O–H groups in total. The minimum absolute atomic E-state index is 0.00387. The van der Waals surface area contributed by atoms with E-state index in [2.05, 4.69) is 11.4 Å². The van der Waals surface area contributed by atoms with Crippen molar-refractivity contribution in [2.24, 2.45) is 0 Å². The minimum atomic E-state index is -0.847. The van der Waals surface area contributed by atoms with E-state index in [0.717, 1.165) is 25.7 Å². The van der Waals surface area contributed by atoms with Crippen LogP contribution >= 0.6 is 0 Å². The molecule has 4 heteroatoms. The largest absolute Gasteiger partial charge is 0.334 e. The van der Waals surface area contributed by atoms with Crippen LogP contribution in [-0.2, 0) is 0 Å². The number of benzene rings is 1. The Balaban J connectivity index is 2.14. The van der Waals surface area contributed by atoms with Crippen LogP contribution in [0.1, 0.15) is 55.3 Å². The van der Waals surface area contributed by atoms with Gasteiger partial charge in [0.05, 0.1) is 11.6 Å². The molecule has 1 saturated carbocycles. The maximum Gasteiger partial charge on any atom is 0.255 e. The summed E-state index contributed by atoms with van der Waals surface area (Å²) < 4.78 is 13.6. The molecule has 0 atom stereocenters. The third-order valence-corrected chi connectivity index (χ3v) is 3.89. The SMILES string of the molecule is N#CC1(NC(=O)c2ccccc2F)CCCCCCC1. The van der Waals surface area contributed by atoms with Crippen molar-refractivity contribution in [1.82, 2.24) is 5.32 Å². The first-order chi connectivity index (χ1) is 9.67. The van der Waals surface area contributed by atoms with Gasteiger partial charge in [-0.15, -0.1) is 0 Å². The normalized spacial score (nSPS) is 18.4. The zero-order valence-electron chi connectivity index (χ0n) is 11.5. The first kappa shape index (κ1) is 14.5. The summed E-state index contributed by atoms with van der Waals surface area (Å²) in [5, 5.41) is 12.2. The number of carbonyl (C=O) groups excluding carboxylic acids is 1. The number of hydrogen-bond donors (Lipinski definition) is 1. The van der Waals surface area contributed by atoms with Gasteiger partial charge in [-0.1, -0.05) is 44.2 Å². The van der Waals surface area contributed by atoms with Crippen molar-refractivity contribution in [2.45, 2.75) is 50.5 Å². The molecule has 0 aliphatic heterocycles. The van der Waals surface area contributed by atoms with Crippen LogP contribution in [0.25, 0.3) is 0 Å². The van der Waals surface area contributed by atoms with Gasteiger partial charge in [0.2, 0.25) is 0 Å². The van der Waals surface area contributed by atoms with Gasteiger partial charge in [-0.25, -0.2) is 4.39 Å². The summed E-state index contributed by atoms with van der Waals surface area (Å²) >= 11 is 0. The number of halogens is 1. The fourth-order valence-corrected chi connectivity index (χ4v) is 2.70. The van der Waals surface area contributed by atoms with Gasteiger partial charge in [-0.2, -0.15) is 5.26 Å². The molecule has 2 rings (SSSR count). The van der Waals surface area contributed by atoms with Gasteiger partial charge >= 0.3 is 0 Å². The molecule has 3 nitrogen and oxygen atoms in total. The molecule has 106 valence electrons. The lowest BCUT2D eigenvalue weighted by Crippen LogP contribution is -2.48. The van der Waals surface area contributed by atoms with Gasteiger partial charge in [0, 0.05) is 0 Å². The lowest BCUT2D eigenvalue weighted by molar-refractivity contribution is 0.0903. The molecule has 0 unspecified atom stereocenters. The molecular weight excluding hydrogens is 255 g/mol. The summed E-state index contributed by atoms with van der Waals surface area (Å²) in [5.41, 5.74) is -0.844. The number of nitrogens with zero attached hydrogens (tertiary/aromatic N) is 1. The Bertz CT molecular complexity index is 513. The van der Waals surface area contributed by atoms with E-state index in [1.807, 2.05) is 0 Å². The van der Waals surface area contributed by atoms with Crippen LogP contribution in [0.15, 0.2) is 24.3 Å². The van der Waals surface area contributed by atoms with Crippen molar-refractivity contribution in [3.8, 4) is 6.07 Å². The summed E-state index contributed by atoms with van der Waals surface area (Å²) in [5.74, 6) is -1.05. The van der Waals surface area contributed by atoms with Gasteiger partial charge in [0.15, 0.2) is 0 Å². The van der Waals surface area contributed by atoms with E-state index in [1.54, 1.807) is 12.1 Å². The maximum absolute atomic E-state index is 13.6. The standard InChI is InChI=1S/C16H19FN2O/c17-14-9-5-4-8-13(14)15(20)19-16(12-18)10-6-2-1-3-7-11-16/h4-5,8-9H,1-3,6-7,10-11H2,(H,19,20). The Labute approximate surface area is 118 Å². The molecule has 1 aliphatic carbocycles. The topological polar surface area (TPSA) is 52.9 Å². The van der Waals surface area contributed by atoms with E-state index in [9.17, 15) is 14.4 Å². The van der Waals surface area contributed by atoms with Crippen LogP contribution in [0.4, 0.5) is 4.39 Å². The maximum atomic E-state index is 13.6. The molecule has 1 fully saturated rings. The second-order valence-corrected chi connectivity index (χ2v) is 5.40. The van der Waals surface area contributed by atoms with Crippen LogP contribution in [0.2, 0.25) is 0 Å². The average molecular weight is 274 g/mol. The highest BCUT2D eigenvalue weighted by Gasteiger charge is 2.32. The Morgan fingerprint density at radius 3 is 2.35 bits per heavy atom. The highest BCUT2D eigenvalue weighted by Crippen LogP contribution is 2.26. The smallest absolute Gasteiger partial charge is 0.255 e. The average Bonchev–Trinajstić information content (AvgIpc) is 2.42. The van der Waals surface area contributed by atoms with Crippen molar-refractivity contribution in [2.75, 3.05) is 0 Å². The Morgan fingerprint density at radius 2 is 1.75 bits per heavy atom. The fraction of sp³-hybridized carbons (Fsp3) is 0.500. The van der Waals surface area contributed by atoms with E-state index in [0.29, 0.717) is 12.8 Å². The first-order valence-electron chi connectivity index (χ1n) is 7.15. The van der Waals surface area contributed by atoms with Crippen molar-refractivity contribution >= 4 is 5.91 Å². The van der Waals surface area contributed by atoms with Gasteiger partial charge in [0.25, 0.3) is 5.91 Å². The predicted molar refractivity (Wildman–Crippen MR) is 74.5 cm³/mol. The lowest BCUT2D eigenvalue weighted by Gasteiger charge is -2.29. The summed E-state index contributed by atoms with van der Waals surface area (Å²) in [6, 6.07) is 8.11. The molecule has 1 amide bonds. The van der Waals surface area contributed by atoms with Crippen LogP contribution in [0.3, 0.4) is 0 Å². The van der Waals surface area contributed by atoms with Crippen molar-refractivity contribution < 1.29 is 9.18 Å². The molecular formula is C16H19FN2O. The van der Waals surface area contributed by atoms with E-state index >= 15 is 0 Å². The first-order valence-corrected chi connectivity index (χ1v) is 7.15. The summed E-state index contributed by atoms with van der Waals surface area (Å²) in [4.78, 5) is 12.2. The summed E-state index contributed by atoms with van der Waals surface area (Å²) in [6.07, 6.45) is 6.48. The third-order valence-electron chi connectivity index (χ3n) is 3.89. The Morgan fingerprint density at radius 1 is 1.15 bits per heavy atom. The number of amides is 1. The second kappa shape index (κ2) is 6.51. The summed E-state index contributed by atoms with van der Waals surface area (Å²) in [6.45, 7) is 0. The molecule has 0 heterocycles. The molecule has 1 aliphatic rings. The lowest BCUT2D eigenvalue weighted by atomic mass is 9.85. The highest BCUT2D eigenvalue weighted by molar-refractivity contribution is 5.95. The number of rotatable bonds is 2. The Hall–Kier alpha value is -1.89. The van der Waals surface area contributed by atoms with Gasteiger partial charge < -0.3 is 5.32 Å². The zero-order chi connectivity index (χ0) is 14.4. The van der Waals surface area contributed by atoms with Crippen molar-refractivity contribution in [3.05, 3.63) is 35.6 Å². The molecule has 0 aromatic heterocycles. The number of carbonyl (C=O) groups is 1. The van der Waals surface area contributed by atoms with Crippen LogP contribution in [0.5, 0.6) is 0 Å². The van der Waals surface area contributed by atoms with E-state index in [4.69, 9.17) is 0 Å². The molecule has 1 aromatic carbocycles. The molecule has 0 spiro atoms. The predicted octanol–water partition coefficient (Wildman–Crippen LogP) is 3.56. The number of hydrogen-bond acceptors (Lipinski definition) is 2. The molecule has 1 aromatic rings.